The number of anilines is 1. The molecule has 0 unspecified atom stereocenters. The number of carbonyl (C=O) groups is 1. The van der Waals surface area contributed by atoms with Crippen LogP contribution in [-0.2, 0) is 13.5 Å². The molecule has 0 aliphatic carbocycles. The van der Waals surface area contributed by atoms with Gasteiger partial charge in [0.2, 0.25) is 5.13 Å². The minimum Gasteiger partial charge on any atom is -0.309 e. The number of likely N-dealkylation sites (N-methyl/N-ethyl adjacent to an activating group) is 1. The summed E-state index contributed by atoms with van der Waals surface area (Å²) in [5, 5.41) is 12.6. The number of carbonyl (C=O) groups excluding carboxylic acids is 1. The topological polar surface area (TPSA) is 93.0 Å². The monoisotopic (exact) mass is 358 g/mol. The zero-order valence-corrected chi connectivity index (χ0v) is 15.0. The average Bonchev–Trinajstić information content (AvgIpc) is 3.03. The fraction of sp³-hybridized carbons (Fsp3) is 0.312. The molecular weight excluding hydrogens is 340 g/mol. The van der Waals surface area contributed by atoms with Crippen molar-refractivity contribution in [2.24, 2.45) is 7.05 Å². The first-order chi connectivity index (χ1) is 11.9. The predicted molar refractivity (Wildman–Crippen MR) is 97.1 cm³/mol. The van der Waals surface area contributed by atoms with E-state index in [4.69, 9.17) is 0 Å². The van der Waals surface area contributed by atoms with Crippen LogP contribution in [0.2, 0.25) is 0 Å². The summed E-state index contributed by atoms with van der Waals surface area (Å²) in [6.45, 7) is 0.869. The number of aryl methyl sites for hydroxylation is 1. The predicted octanol–water partition coefficient (Wildman–Crippen LogP) is 1.14. The number of rotatable bonds is 5. The number of nitrogens with zero attached hydrogens (tertiary/aromatic N) is 5. The third-order valence-corrected chi connectivity index (χ3v) is 4.54. The van der Waals surface area contributed by atoms with Crippen molar-refractivity contribution < 1.29 is 4.79 Å². The fourth-order valence-corrected chi connectivity index (χ4v) is 2.97. The van der Waals surface area contributed by atoms with E-state index in [-0.39, 0.29) is 11.5 Å². The van der Waals surface area contributed by atoms with Crippen molar-refractivity contribution in [1.82, 2.24) is 24.6 Å². The Labute approximate surface area is 148 Å². The van der Waals surface area contributed by atoms with E-state index in [1.165, 1.54) is 22.2 Å². The number of aromatic nitrogens is 4. The summed E-state index contributed by atoms with van der Waals surface area (Å²) in [7, 11) is 5.62. The molecule has 2 aromatic heterocycles. The maximum atomic E-state index is 12.4. The molecule has 3 aromatic rings. The first kappa shape index (κ1) is 17.2. The van der Waals surface area contributed by atoms with Crippen LogP contribution in [0.4, 0.5) is 5.13 Å². The molecular formula is C16H18N6O2S. The van der Waals surface area contributed by atoms with E-state index >= 15 is 0 Å². The van der Waals surface area contributed by atoms with E-state index in [0.29, 0.717) is 21.6 Å². The van der Waals surface area contributed by atoms with Crippen molar-refractivity contribution in [3.8, 4) is 0 Å². The van der Waals surface area contributed by atoms with E-state index in [9.17, 15) is 9.59 Å². The van der Waals surface area contributed by atoms with Crippen molar-refractivity contribution in [3.05, 3.63) is 45.5 Å². The van der Waals surface area contributed by atoms with Gasteiger partial charge in [-0.2, -0.15) is 0 Å². The lowest BCUT2D eigenvalue weighted by molar-refractivity contribution is 0.102. The molecule has 0 fully saturated rings. The maximum absolute atomic E-state index is 12.4. The Morgan fingerprint density at radius 1 is 1.32 bits per heavy atom. The van der Waals surface area contributed by atoms with Gasteiger partial charge in [-0.25, -0.2) is 4.98 Å². The molecule has 0 bridgehead atoms. The molecule has 0 aliphatic rings. The van der Waals surface area contributed by atoms with Crippen molar-refractivity contribution in [2.75, 3.05) is 26.0 Å². The maximum Gasteiger partial charge on any atom is 0.260 e. The first-order valence-electron chi connectivity index (χ1n) is 7.68. The number of fused-ring (bicyclic) bond motifs is 1. The van der Waals surface area contributed by atoms with Crippen LogP contribution >= 0.6 is 11.3 Å². The Morgan fingerprint density at radius 2 is 2.12 bits per heavy atom. The highest BCUT2D eigenvalue weighted by atomic mass is 32.1. The van der Waals surface area contributed by atoms with Gasteiger partial charge in [-0.15, -0.1) is 10.2 Å². The summed E-state index contributed by atoms with van der Waals surface area (Å²) in [6, 6.07) is 4.82. The lowest BCUT2D eigenvalue weighted by Crippen LogP contribution is -2.17. The molecule has 9 heteroatoms. The Bertz CT molecular complexity index is 978. The minimum absolute atomic E-state index is 0.147. The van der Waals surface area contributed by atoms with Crippen molar-refractivity contribution in [3.63, 3.8) is 0 Å². The minimum atomic E-state index is -0.306. The summed E-state index contributed by atoms with van der Waals surface area (Å²) in [4.78, 5) is 30.7. The second-order valence-corrected chi connectivity index (χ2v) is 6.96. The van der Waals surface area contributed by atoms with E-state index < -0.39 is 0 Å². The zero-order chi connectivity index (χ0) is 18.0. The van der Waals surface area contributed by atoms with Crippen LogP contribution < -0.4 is 10.9 Å². The summed E-state index contributed by atoms with van der Waals surface area (Å²) >= 11 is 1.36. The number of amides is 1. The molecule has 1 aromatic carbocycles. The normalized spacial score (nSPS) is 11.2. The summed E-state index contributed by atoms with van der Waals surface area (Å²) in [6.07, 6.45) is 2.22. The Kier molecular flexibility index (Phi) is 4.86. The van der Waals surface area contributed by atoms with Crippen LogP contribution in [0, 0.1) is 0 Å². The standard InChI is InChI=1S/C16H18N6O2S/c1-21(2)7-6-13-19-20-16(25-13)18-14(23)10-4-5-11-12(8-10)17-9-22(3)15(11)24/h4-5,8-9H,6-7H2,1-3H3,(H,18,20,23). The van der Waals surface area contributed by atoms with Gasteiger partial charge in [-0.1, -0.05) is 11.3 Å². The highest BCUT2D eigenvalue weighted by Gasteiger charge is 2.12. The highest BCUT2D eigenvalue weighted by Crippen LogP contribution is 2.18. The summed E-state index contributed by atoms with van der Waals surface area (Å²) < 4.78 is 1.40. The first-order valence-corrected chi connectivity index (χ1v) is 8.49. The number of nitrogens with one attached hydrogen (secondary N) is 1. The molecule has 1 N–H and O–H groups in total. The Balaban J connectivity index is 1.76. The lowest BCUT2D eigenvalue weighted by Gasteiger charge is -2.06. The zero-order valence-electron chi connectivity index (χ0n) is 14.2. The van der Waals surface area contributed by atoms with Gasteiger partial charge in [0, 0.05) is 25.6 Å². The summed E-state index contributed by atoms with van der Waals surface area (Å²) in [5.74, 6) is -0.306. The molecule has 25 heavy (non-hydrogen) atoms. The van der Waals surface area contributed by atoms with Crippen LogP contribution in [0.5, 0.6) is 0 Å². The van der Waals surface area contributed by atoms with Crippen molar-refractivity contribution >= 4 is 33.3 Å². The largest absolute Gasteiger partial charge is 0.309 e. The molecule has 0 atom stereocenters. The highest BCUT2D eigenvalue weighted by molar-refractivity contribution is 7.15. The third-order valence-electron chi connectivity index (χ3n) is 3.64. The second kappa shape index (κ2) is 7.08. The van der Waals surface area contributed by atoms with Crippen LogP contribution in [0.3, 0.4) is 0 Å². The molecule has 130 valence electrons. The molecule has 8 nitrogen and oxygen atoms in total. The van der Waals surface area contributed by atoms with E-state index in [0.717, 1.165) is 18.0 Å². The molecule has 1 amide bonds. The van der Waals surface area contributed by atoms with E-state index in [1.54, 1.807) is 25.2 Å². The van der Waals surface area contributed by atoms with Gasteiger partial charge in [0.1, 0.15) is 5.01 Å². The van der Waals surface area contributed by atoms with Crippen LogP contribution in [0.25, 0.3) is 10.9 Å². The number of hydrogen-bond donors (Lipinski definition) is 1. The molecule has 3 rings (SSSR count). The van der Waals surface area contributed by atoms with Gasteiger partial charge in [0.25, 0.3) is 11.5 Å². The number of hydrogen-bond acceptors (Lipinski definition) is 7. The van der Waals surface area contributed by atoms with Gasteiger partial charge >= 0.3 is 0 Å². The smallest absolute Gasteiger partial charge is 0.260 e. The summed E-state index contributed by atoms with van der Waals surface area (Å²) in [5.41, 5.74) is 0.754. The van der Waals surface area contributed by atoms with Crippen LogP contribution in [0.1, 0.15) is 15.4 Å². The quantitative estimate of drug-likeness (QED) is 0.735. The van der Waals surface area contributed by atoms with Gasteiger partial charge in [-0.3, -0.25) is 14.9 Å². The van der Waals surface area contributed by atoms with Crippen LogP contribution in [0.15, 0.2) is 29.3 Å². The lowest BCUT2D eigenvalue weighted by atomic mass is 10.1. The molecule has 0 radical (unpaired) electrons. The van der Waals surface area contributed by atoms with Gasteiger partial charge in [0.05, 0.1) is 17.2 Å². The van der Waals surface area contributed by atoms with Gasteiger partial charge in [0.15, 0.2) is 0 Å². The fourth-order valence-electron chi connectivity index (χ4n) is 2.25. The van der Waals surface area contributed by atoms with Crippen molar-refractivity contribution in [1.29, 1.82) is 0 Å². The van der Waals surface area contributed by atoms with Crippen molar-refractivity contribution in [2.45, 2.75) is 6.42 Å². The number of benzene rings is 1. The van der Waals surface area contributed by atoms with Crippen LogP contribution in [-0.4, -0.2) is 51.2 Å². The average molecular weight is 358 g/mol. The molecule has 0 spiro atoms. The van der Waals surface area contributed by atoms with Gasteiger partial charge < -0.3 is 9.47 Å². The molecule has 0 aliphatic heterocycles. The molecule has 0 saturated carbocycles. The second-order valence-electron chi connectivity index (χ2n) is 5.90. The Hall–Kier alpha value is -2.65. The van der Waals surface area contributed by atoms with E-state index in [1.807, 2.05) is 14.1 Å². The molecule has 0 saturated heterocycles. The van der Waals surface area contributed by atoms with E-state index in [2.05, 4.69) is 25.4 Å². The SMILES string of the molecule is CN(C)CCc1nnc(NC(=O)c2ccc3c(=O)n(C)cnc3c2)s1. The third kappa shape index (κ3) is 3.89. The van der Waals surface area contributed by atoms with Gasteiger partial charge in [-0.05, 0) is 32.3 Å². The molecule has 2 heterocycles. The Morgan fingerprint density at radius 3 is 2.88 bits per heavy atom.